The largest absolute Gasteiger partial charge is 0.434 e. The molecule has 1 N–H and O–H groups in total. The molecule has 4 rings (SSSR count). The zero-order chi connectivity index (χ0) is 22.7. The fourth-order valence-electron chi connectivity index (χ4n) is 3.98. The van der Waals surface area contributed by atoms with Gasteiger partial charge in [0.15, 0.2) is 11.5 Å². The van der Waals surface area contributed by atoms with Crippen LogP contribution in [0.4, 0.5) is 19.0 Å². The summed E-state index contributed by atoms with van der Waals surface area (Å²) in [6, 6.07) is 1.81. The summed E-state index contributed by atoms with van der Waals surface area (Å²) < 4.78 is 39.4. The SMILES string of the molecule is C=N/C=C(/c1nccc(N2CCCC(c3cn[nH]c3C)C2)n1)N1C=C(C(F)(F)F)N=CC1. The lowest BCUT2D eigenvalue weighted by molar-refractivity contribution is -0.0934. The van der Waals surface area contributed by atoms with E-state index in [1.54, 1.807) is 6.20 Å². The van der Waals surface area contributed by atoms with Crippen LogP contribution in [0.15, 0.2) is 46.5 Å². The minimum absolute atomic E-state index is 0.139. The van der Waals surface area contributed by atoms with Gasteiger partial charge in [-0.3, -0.25) is 15.1 Å². The van der Waals surface area contributed by atoms with E-state index < -0.39 is 11.9 Å². The third-order valence-electron chi connectivity index (χ3n) is 5.52. The standard InChI is InChI=1S/C21H23F3N8/c1-14-16(10-28-30-14)15-4-3-8-32(12-15)19-5-6-27-20(29-19)17(11-25-2)31-9-7-26-18(13-31)21(22,23)24/h5-7,10-11,13,15H,2-4,8-9,12H2,1H3,(H,28,30)/b17-11-. The molecule has 0 aliphatic carbocycles. The lowest BCUT2D eigenvalue weighted by atomic mass is 9.91. The Bertz CT molecular complexity index is 1070. The van der Waals surface area contributed by atoms with E-state index in [4.69, 9.17) is 0 Å². The quantitative estimate of drug-likeness (QED) is 0.711. The van der Waals surface area contributed by atoms with Crippen molar-refractivity contribution in [2.45, 2.75) is 31.9 Å². The van der Waals surface area contributed by atoms with Crippen LogP contribution in [-0.4, -0.2) is 63.8 Å². The maximum Gasteiger partial charge on any atom is 0.434 e. The number of H-pyrrole nitrogens is 1. The van der Waals surface area contributed by atoms with Crippen molar-refractivity contribution in [3.8, 4) is 0 Å². The number of piperidine rings is 1. The van der Waals surface area contributed by atoms with E-state index in [1.807, 2.05) is 19.2 Å². The average molecular weight is 444 g/mol. The Hall–Kier alpha value is -3.50. The van der Waals surface area contributed by atoms with Crippen LogP contribution in [0.5, 0.6) is 0 Å². The van der Waals surface area contributed by atoms with Gasteiger partial charge in [-0.2, -0.15) is 18.3 Å². The molecule has 2 aromatic rings. The van der Waals surface area contributed by atoms with Gasteiger partial charge in [0.2, 0.25) is 0 Å². The molecule has 0 bridgehead atoms. The molecule has 0 amide bonds. The molecule has 1 fully saturated rings. The summed E-state index contributed by atoms with van der Waals surface area (Å²) in [6.07, 6.45) is 4.46. The highest BCUT2D eigenvalue weighted by Gasteiger charge is 2.36. The molecule has 2 aromatic heterocycles. The maximum atomic E-state index is 13.1. The molecule has 8 nitrogen and oxygen atoms in total. The monoisotopic (exact) mass is 444 g/mol. The van der Waals surface area contributed by atoms with Gasteiger partial charge in [-0.1, -0.05) is 0 Å². The number of rotatable bonds is 5. The van der Waals surface area contributed by atoms with Crippen LogP contribution in [0.1, 0.15) is 35.8 Å². The average Bonchev–Trinajstić information content (AvgIpc) is 3.23. The molecular formula is C21H23F3N8. The van der Waals surface area contributed by atoms with Crippen molar-refractivity contribution in [1.29, 1.82) is 0 Å². The smallest absolute Gasteiger partial charge is 0.356 e. The summed E-state index contributed by atoms with van der Waals surface area (Å²) in [5.41, 5.74) is 1.57. The second-order valence-corrected chi connectivity index (χ2v) is 7.65. The van der Waals surface area contributed by atoms with Crippen molar-refractivity contribution in [3.63, 3.8) is 0 Å². The van der Waals surface area contributed by atoms with E-state index in [0.717, 1.165) is 37.8 Å². The molecule has 0 aromatic carbocycles. The van der Waals surface area contributed by atoms with E-state index in [-0.39, 0.29) is 12.4 Å². The van der Waals surface area contributed by atoms with Gasteiger partial charge >= 0.3 is 6.18 Å². The fraction of sp³-hybridized carbons (Fsp3) is 0.381. The van der Waals surface area contributed by atoms with E-state index in [0.29, 0.717) is 17.4 Å². The number of halogens is 3. The number of aromatic nitrogens is 4. The third kappa shape index (κ3) is 4.56. The predicted molar refractivity (Wildman–Crippen MR) is 116 cm³/mol. The fourth-order valence-corrected chi connectivity index (χ4v) is 3.98. The van der Waals surface area contributed by atoms with Crippen molar-refractivity contribution in [3.05, 3.63) is 53.6 Å². The van der Waals surface area contributed by atoms with Crippen molar-refractivity contribution < 1.29 is 13.2 Å². The lowest BCUT2D eigenvalue weighted by Crippen LogP contribution is -2.35. The maximum absolute atomic E-state index is 13.1. The molecular weight excluding hydrogens is 421 g/mol. The summed E-state index contributed by atoms with van der Waals surface area (Å²) in [6.45, 7) is 7.19. The first kappa shape index (κ1) is 21.7. The molecule has 4 heterocycles. The zero-order valence-corrected chi connectivity index (χ0v) is 17.5. The lowest BCUT2D eigenvalue weighted by Gasteiger charge is -2.34. The van der Waals surface area contributed by atoms with Crippen LogP contribution in [0, 0.1) is 6.92 Å². The number of nitrogens with one attached hydrogen (secondary N) is 1. The van der Waals surface area contributed by atoms with Crippen molar-refractivity contribution >= 4 is 24.4 Å². The zero-order valence-electron chi connectivity index (χ0n) is 17.5. The number of aryl methyl sites for hydroxylation is 1. The Labute approximate surface area is 183 Å². The molecule has 0 spiro atoms. The second kappa shape index (κ2) is 8.93. The Kier molecular flexibility index (Phi) is 6.06. The minimum Gasteiger partial charge on any atom is -0.356 e. The van der Waals surface area contributed by atoms with Crippen LogP contribution >= 0.6 is 0 Å². The number of hydrogen-bond donors (Lipinski definition) is 1. The number of alkyl halides is 3. The molecule has 1 atom stereocenters. The molecule has 168 valence electrons. The van der Waals surface area contributed by atoms with Crippen molar-refractivity contribution in [2.75, 3.05) is 24.5 Å². The Morgan fingerprint density at radius 2 is 2.22 bits per heavy atom. The van der Waals surface area contributed by atoms with Gasteiger partial charge in [0.1, 0.15) is 11.5 Å². The molecule has 0 radical (unpaired) electrons. The first-order valence-corrected chi connectivity index (χ1v) is 10.2. The van der Waals surface area contributed by atoms with Crippen LogP contribution < -0.4 is 4.90 Å². The Balaban J connectivity index is 1.60. The summed E-state index contributed by atoms with van der Waals surface area (Å²) >= 11 is 0. The second-order valence-electron chi connectivity index (χ2n) is 7.65. The van der Waals surface area contributed by atoms with Gasteiger partial charge < -0.3 is 9.80 Å². The molecule has 1 unspecified atom stereocenters. The van der Waals surface area contributed by atoms with Gasteiger partial charge in [-0.15, -0.1) is 0 Å². The van der Waals surface area contributed by atoms with E-state index in [1.165, 1.54) is 22.9 Å². The topological polar surface area (TPSA) is 85.7 Å². The summed E-state index contributed by atoms with van der Waals surface area (Å²) in [4.78, 5) is 19.7. The summed E-state index contributed by atoms with van der Waals surface area (Å²) in [5.74, 6) is 1.30. The molecule has 2 aliphatic heterocycles. The number of anilines is 1. The van der Waals surface area contributed by atoms with E-state index in [9.17, 15) is 13.2 Å². The Morgan fingerprint density at radius 3 is 2.94 bits per heavy atom. The normalized spacial score (nSPS) is 19.8. The minimum atomic E-state index is -4.56. The van der Waals surface area contributed by atoms with Crippen molar-refractivity contribution in [2.24, 2.45) is 9.98 Å². The number of aliphatic imine (C=N–C) groups is 2. The van der Waals surface area contributed by atoms with Gasteiger partial charge in [0, 0.05) is 43.3 Å². The molecule has 11 heteroatoms. The van der Waals surface area contributed by atoms with E-state index in [2.05, 4.69) is 41.8 Å². The van der Waals surface area contributed by atoms with Gasteiger partial charge in [-0.25, -0.2) is 9.97 Å². The van der Waals surface area contributed by atoms with Crippen LogP contribution in [0.2, 0.25) is 0 Å². The van der Waals surface area contributed by atoms with E-state index >= 15 is 0 Å². The summed E-state index contributed by atoms with van der Waals surface area (Å²) in [7, 11) is 0. The highest BCUT2D eigenvalue weighted by molar-refractivity contribution is 5.70. The number of aromatic amines is 1. The molecule has 2 aliphatic rings. The third-order valence-corrected chi connectivity index (χ3v) is 5.52. The van der Waals surface area contributed by atoms with Gasteiger partial charge in [-0.05, 0) is 38.1 Å². The molecule has 0 saturated carbocycles. The van der Waals surface area contributed by atoms with Crippen molar-refractivity contribution in [1.82, 2.24) is 25.1 Å². The first-order valence-electron chi connectivity index (χ1n) is 10.2. The van der Waals surface area contributed by atoms with Gasteiger partial charge in [0.25, 0.3) is 0 Å². The first-order chi connectivity index (χ1) is 15.4. The van der Waals surface area contributed by atoms with Crippen LogP contribution in [-0.2, 0) is 0 Å². The molecule has 1 saturated heterocycles. The number of nitrogens with zero attached hydrogens (tertiary/aromatic N) is 7. The highest BCUT2D eigenvalue weighted by Crippen LogP contribution is 2.32. The van der Waals surface area contributed by atoms with Crippen LogP contribution in [0.3, 0.4) is 0 Å². The molecule has 32 heavy (non-hydrogen) atoms. The predicted octanol–water partition coefficient (Wildman–Crippen LogP) is 3.68. The number of allylic oxidation sites excluding steroid dienone is 1. The summed E-state index contributed by atoms with van der Waals surface area (Å²) in [5, 5.41) is 7.12. The van der Waals surface area contributed by atoms with Crippen LogP contribution in [0.25, 0.3) is 5.70 Å². The number of hydrogen-bond acceptors (Lipinski definition) is 7. The highest BCUT2D eigenvalue weighted by atomic mass is 19.4. The van der Waals surface area contributed by atoms with Gasteiger partial charge in [0.05, 0.1) is 18.9 Å². The Morgan fingerprint density at radius 1 is 1.38 bits per heavy atom.